The van der Waals surface area contributed by atoms with Crippen LogP contribution in [0.4, 0.5) is 17.1 Å². The van der Waals surface area contributed by atoms with Crippen LogP contribution in [0.3, 0.4) is 0 Å². The van der Waals surface area contributed by atoms with Crippen molar-refractivity contribution in [1.82, 2.24) is 0 Å². The van der Waals surface area contributed by atoms with Crippen LogP contribution in [-0.4, -0.2) is 33.3 Å². The lowest BCUT2D eigenvalue weighted by Crippen LogP contribution is -2.14. The number of allylic oxidation sites excluding steroid dienone is 1. The van der Waals surface area contributed by atoms with Gasteiger partial charge in [-0.05, 0) is 36.4 Å². The highest BCUT2D eigenvalue weighted by atomic mass is 32.2. The molecule has 0 atom stereocenters. The Bertz CT molecular complexity index is 1340. The van der Waals surface area contributed by atoms with Crippen molar-refractivity contribution in [1.29, 1.82) is 0 Å². The molecule has 0 saturated carbocycles. The average Bonchev–Trinajstić information content (AvgIpc) is 2.84. The van der Waals surface area contributed by atoms with Gasteiger partial charge in [-0.25, -0.2) is 8.42 Å². The smallest absolute Gasteiger partial charge is 0.269 e. The minimum Gasteiger partial charge on any atom is -0.497 e. The first kappa shape index (κ1) is 24.3. The number of nitro benzene ring substituents is 1. The maximum Gasteiger partial charge on any atom is 0.269 e. The number of para-hydroxylation sites is 2. The molecule has 0 fully saturated rings. The Morgan fingerprint density at radius 2 is 1.65 bits per heavy atom. The Morgan fingerprint density at radius 3 is 2.26 bits per heavy atom. The van der Waals surface area contributed by atoms with E-state index in [4.69, 9.17) is 9.47 Å². The summed E-state index contributed by atoms with van der Waals surface area (Å²) in [7, 11) is -1.06. The molecule has 0 saturated heterocycles. The molecule has 0 unspecified atom stereocenters. The summed E-state index contributed by atoms with van der Waals surface area (Å²) in [5.74, 6) is 0.561. The second kappa shape index (κ2) is 10.5. The second-order valence-electron chi connectivity index (χ2n) is 6.81. The summed E-state index contributed by atoms with van der Waals surface area (Å²) in [6.45, 7) is 0. The number of hydrogen-bond donors (Lipinski definition) is 2. The van der Waals surface area contributed by atoms with Crippen LogP contribution in [0.2, 0.25) is 0 Å². The molecule has 2 N–H and O–H groups in total. The molecule has 0 spiro atoms. The van der Waals surface area contributed by atoms with Crippen molar-refractivity contribution in [3.8, 4) is 11.5 Å². The lowest BCUT2D eigenvalue weighted by atomic mass is 10.1. The lowest BCUT2D eigenvalue weighted by Gasteiger charge is -2.12. The fourth-order valence-electron chi connectivity index (χ4n) is 2.95. The van der Waals surface area contributed by atoms with E-state index in [-0.39, 0.29) is 22.1 Å². The van der Waals surface area contributed by atoms with Crippen LogP contribution in [0.25, 0.3) is 0 Å². The Hall–Kier alpha value is -4.38. The van der Waals surface area contributed by atoms with Crippen molar-refractivity contribution >= 4 is 32.9 Å². The number of carbonyl (C=O) groups excluding carboxylic acids is 1. The highest BCUT2D eigenvalue weighted by molar-refractivity contribution is 7.92. The topological polar surface area (TPSA) is 137 Å². The highest BCUT2D eigenvalue weighted by Crippen LogP contribution is 2.27. The van der Waals surface area contributed by atoms with Gasteiger partial charge in [-0.1, -0.05) is 12.1 Å². The summed E-state index contributed by atoms with van der Waals surface area (Å²) in [4.78, 5) is 22.6. The van der Waals surface area contributed by atoms with E-state index in [9.17, 15) is 23.3 Å². The quantitative estimate of drug-likeness (QED) is 0.189. The zero-order valence-corrected chi connectivity index (χ0v) is 19.0. The number of ketones is 1. The molecule has 3 aromatic rings. The van der Waals surface area contributed by atoms with Crippen LogP contribution in [0.15, 0.2) is 83.9 Å². The first-order chi connectivity index (χ1) is 16.2. The molecule has 10 nitrogen and oxygen atoms in total. The third-order valence-corrected chi connectivity index (χ3v) is 6.06. The average molecular weight is 484 g/mol. The molecule has 0 amide bonds. The number of sulfonamides is 1. The standard InChI is InChI=1S/C23H21N3O7S/c1-32-17-9-12-19(23(15-17)33-2)22(27)13-14-24-20-5-3-4-6-21(20)25-34(30,31)18-10-7-16(8-11-18)26(28)29/h3-15,24-25H,1-2H3/b14-13+. The van der Waals surface area contributed by atoms with Gasteiger partial charge in [-0.15, -0.1) is 0 Å². The lowest BCUT2D eigenvalue weighted by molar-refractivity contribution is -0.384. The molecule has 34 heavy (non-hydrogen) atoms. The maximum absolute atomic E-state index is 12.7. The number of benzene rings is 3. The van der Waals surface area contributed by atoms with Gasteiger partial charge in [-0.3, -0.25) is 19.6 Å². The molecule has 0 bridgehead atoms. The third kappa shape index (κ3) is 5.70. The predicted molar refractivity (Wildman–Crippen MR) is 127 cm³/mol. The molecular formula is C23H21N3O7S. The summed E-state index contributed by atoms with van der Waals surface area (Å²) < 4.78 is 38.2. The van der Waals surface area contributed by atoms with Crippen LogP contribution in [0.1, 0.15) is 10.4 Å². The summed E-state index contributed by atoms with van der Waals surface area (Å²) >= 11 is 0. The molecule has 176 valence electrons. The third-order valence-electron chi connectivity index (χ3n) is 4.68. The second-order valence-corrected chi connectivity index (χ2v) is 8.49. The summed E-state index contributed by atoms with van der Waals surface area (Å²) in [6, 6.07) is 15.8. The van der Waals surface area contributed by atoms with E-state index in [0.29, 0.717) is 22.7 Å². The summed E-state index contributed by atoms with van der Waals surface area (Å²) in [5, 5.41) is 13.7. The number of carbonyl (C=O) groups is 1. The van der Waals surface area contributed by atoms with E-state index < -0.39 is 14.9 Å². The summed E-state index contributed by atoms with van der Waals surface area (Å²) in [5.41, 5.74) is 0.719. The molecule has 3 rings (SSSR count). The molecule has 11 heteroatoms. The Labute approximate surface area is 196 Å². The van der Waals surface area contributed by atoms with Gasteiger partial charge in [0.25, 0.3) is 15.7 Å². The number of hydrogen-bond acceptors (Lipinski definition) is 8. The van der Waals surface area contributed by atoms with Gasteiger partial charge in [0.05, 0.1) is 41.0 Å². The van der Waals surface area contributed by atoms with E-state index in [1.807, 2.05) is 0 Å². The van der Waals surface area contributed by atoms with E-state index >= 15 is 0 Å². The zero-order valence-electron chi connectivity index (χ0n) is 18.2. The number of methoxy groups -OCH3 is 2. The fourth-order valence-corrected chi connectivity index (χ4v) is 4.03. The zero-order chi connectivity index (χ0) is 24.7. The van der Waals surface area contributed by atoms with Gasteiger partial charge < -0.3 is 14.8 Å². The largest absolute Gasteiger partial charge is 0.497 e. The van der Waals surface area contributed by atoms with Gasteiger partial charge in [0.1, 0.15) is 11.5 Å². The van der Waals surface area contributed by atoms with Crippen molar-refractivity contribution in [3.05, 3.63) is 94.7 Å². The van der Waals surface area contributed by atoms with Gasteiger partial charge in [0.2, 0.25) is 0 Å². The van der Waals surface area contributed by atoms with E-state index in [1.165, 1.54) is 32.6 Å². The van der Waals surface area contributed by atoms with E-state index in [0.717, 1.165) is 24.3 Å². The van der Waals surface area contributed by atoms with Crippen molar-refractivity contribution in [2.24, 2.45) is 0 Å². The molecule has 0 heterocycles. The van der Waals surface area contributed by atoms with Gasteiger partial charge >= 0.3 is 0 Å². The molecular weight excluding hydrogens is 462 g/mol. The molecule has 0 aliphatic rings. The van der Waals surface area contributed by atoms with E-state index in [1.54, 1.807) is 36.4 Å². The van der Waals surface area contributed by atoms with E-state index in [2.05, 4.69) is 10.0 Å². The van der Waals surface area contributed by atoms with Gasteiger partial charge in [0, 0.05) is 30.5 Å². The van der Waals surface area contributed by atoms with Crippen LogP contribution in [0.5, 0.6) is 11.5 Å². The molecule has 0 aromatic heterocycles. The highest BCUT2D eigenvalue weighted by Gasteiger charge is 2.17. The number of nitrogens with one attached hydrogen (secondary N) is 2. The van der Waals surface area contributed by atoms with Crippen molar-refractivity contribution < 1.29 is 27.6 Å². The number of nitro groups is 1. The van der Waals surface area contributed by atoms with Gasteiger partial charge in [0.15, 0.2) is 5.78 Å². The van der Waals surface area contributed by atoms with Crippen molar-refractivity contribution in [2.45, 2.75) is 4.90 Å². The van der Waals surface area contributed by atoms with Crippen molar-refractivity contribution in [2.75, 3.05) is 24.3 Å². The van der Waals surface area contributed by atoms with Crippen LogP contribution in [-0.2, 0) is 10.0 Å². The number of rotatable bonds is 10. The number of nitrogens with zero attached hydrogens (tertiary/aromatic N) is 1. The Morgan fingerprint density at radius 1 is 0.971 bits per heavy atom. The fraction of sp³-hybridized carbons (Fsp3) is 0.0870. The van der Waals surface area contributed by atoms with Crippen molar-refractivity contribution in [3.63, 3.8) is 0 Å². The summed E-state index contributed by atoms with van der Waals surface area (Å²) in [6.07, 6.45) is 2.66. The normalized spacial score (nSPS) is 11.1. The number of anilines is 2. The first-order valence-corrected chi connectivity index (χ1v) is 11.3. The Kier molecular flexibility index (Phi) is 7.49. The number of ether oxygens (including phenoxy) is 2. The number of non-ortho nitro benzene ring substituents is 1. The maximum atomic E-state index is 12.7. The Balaban J connectivity index is 1.76. The predicted octanol–water partition coefficient (Wildman–Crippen LogP) is 4.22. The molecule has 0 aliphatic heterocycles. The first-order valence-electron chi connectivity index (χ1n) is 9.81. The molecule has 0 aliphatic carbocycles. The monoisotopic (exact) mass is 483 g/mol. The van der Waals surface area contributed by atoms with Crippen LogP contribution in [0, 0.1) is 10.1 Å². The molecule has 3 aromatic carbocycles. The van der Waals surface area contributed by atoms with Gasteiger partial charge in [-0.2, -0.15) is 0 Å². The minimum atomic E-state index is -4.01. The SMILES string of the molecule is COc1ccc(C(=O)/C=C/Nc2ccccc2NS(=O)(=O)c2ccc([N+](=O)[O-])cc2)c(OC)c1. The molecule has 0 radical (unpaired) electrons. The van der Waals surface area contributed by atoms with Crippen LogP contribution >= 0.6 is 0 Å². The van der Waals surface area contributed by atoms with Crippen LogP contribution < -0.4 is 19.5 Å². The minimum absolute atomic E-state index is 0.134.